The number of hydrogen-bond acceptors (Lipinski definition) is 4. The normalized spacial score (nSPS) is 19.5. The predicted octanol–water partition coefficient (Wildman–Crippen LogP) is 2.39. The molecule has 2 N–H and O–H groups in total. The van der Waals surface area contributed by atoms with Crippen LogP contribution in [0.4, 0.5) is 17.1 Å². The number of amides is 1. The van der Waals surface area contributed by atoms with Crippen LogP contribution in [0.3, 0.4) is 0 Å². The van der Waals surface area contributed by atoms with E-state index in [1.807, 2.05) is 30.3 Å². The van der Waals surface area contributed by atoms with Gasteiger partial charge in [0, 0.05) is 25.1 Å². The summed E-state index contributed by atoms with van der Waals surface area (Å²) in [5.74, 6) is 0.101. The highest BCUT2D eigenvalue weighted by Crippen LogP contribution is 2.50. The first-order valence-corrected chi connectivity index (χ1v) is 7.45. The molecule has 0 bridgehead atoms. The number of pyridine rings is 1. The summed E-state index contributed by atoms with van der Waals surface area (Å²) in [6, 6.07) is 9.46. The first-order chi connectivity index (χ1) is 10.7. The van der Waals surface area contributed by atoms with Gasteiger partial charge in [0.2, 0.25) is 5.91 Å². The van der Waals surface area contributed by atoms with Crippen molar-refractivity contribution in [3.05, 3.63) is 48.3 Å². The second kappa shape index (κ2) is 4.81. The average Bonchev–Trinajstić information content (AvgIpc) is 2.78. The first-order valence-electron chi connectivity index (χ1n) is 7.45. The number of benzene rings is 1. The van der Waals surface area contributed by atoms with Crippen LogP contribution in [0.1, 0.15) is 18.4 Å². The van der Waals surface area contributed by atoms with Gasteiger partial charge in [0.1, 0.15) is 0 Å². The third-order valence-corrected chi connectivity index (χ3v) is 4.64. The Kier molecular flexibility index (Phi) is 2.90. The SMILES string of the molecule is Nc1ccc2c(c1)C1(CCOCC1)C(=O)N2c1cccnc1. The van der Waals surface area contributed by atoms with Gasteiger partial charge < -0.3 is 10.5 Å². The predicted molar refractivity (Wildman–Crippen MR) is 84.0 cm³/mol. The van der Waals surface area contributed by atoms with Gasteiger partial charge >= 0.3 is 0 Å². The minimum atomic E-state index is -0.515. The molecule has 2 aliphatic heterocycles. The minimum absolute atomic E-state index is 0.101. The van der Waals surface area contributed by atoms with Crippen LogP contribution in [-0.2, 0) is 14.9 Å². The summed E-state index contributed by atoms with van der Waals surface area (Å²) in [6.07, 6.45) is 4.81. The molecule has 1 aromatic heterocycles. The molecule has 0 atom stereocenters. The van der Waals surface area contributed by atoms with Gasteiger partial charge in [-0.1, -0.05) is 0 Å². The van der Waals surface area contributed by atoms with Crippen molar-refractivity contribution in [1.29, 1.82) is 0 Å². The Hall–Kier alpha value is -2.40. The molecule has 0 unspecified atom stereocenters. The van der Waals surface area contributed by atoms with E-state index in [9.17, 15) is 4.79 Å². The van der Waals surface area contributed by atoms with Gasteiger partial charge in [0.05, 0.1) is 23.0 Å². The maximum Gasteiger partial charge on any atom is 0.242 e. The zero-order valence-electron chi connectivity index (χ0n) is 12.2. The van der Waals surface area contributed by atoms with Crippen molar-refractivity contribution in [2.24, 2.45) is 0 Å². The second-order valence-electron chi connectivity index (χ2n) is 5.82. The van der Waals surface area contributed by atoms with E-state index in [1.165, 1.54) is 0 Å². The number of nitrogens with zero attached hydrogens (tertiary/aromatic N) is 2. The lowest BCUT2D eigenvalue weighted by Crippen LogP contribution is -2.42. The highest BCUT2D eigenvalue weighted by molar-refractivity contribution is 6.13. The molecule has 2 aliphatic rings. The van der Waals surface area contributed by atoms with Crippen LogP contribution in [-0.4, -0.2) is 24.1 Å². The first kappa shape index (κ1) is 13.3. The van der Waals surface area contributed by atoms with Crippen LogP contribution in [0.25, 0.3) is 0 Å². The van der Waals surface area contributed by atoms with E-state index in [4.69, 9.17) is 10.5 Å². The molecule has 5 heteroatoms. The van der Waals surface area contributed by atoms with Crippen molar-refractivity contribution in [3.8, 4) is 0 Å². The Bertz CT molecular complexity index is 724. The number of carbonyl (C=O) groups excluding carboxylic acids is 1. The van der Waals surface area contributed by atoms with Gasteiger partial charge in [-0.3, -0.25) is 14.7 Å². The number of rotatable bonds is 1. The topological polar surface area (TPSA) is 68.5 Å². The zero-order valence-corrected chi connectivity index (χ0v) is 12.2. The van der Waals surface area contributed by atoms with Gasteiger partial charge in [0.25, 0.3) is 0 Å². The quantitative estimate of drug-likeness (QED) is 0.820. The summed E-state index contributed by atoms with van der Waals surface area (Å²) in [7, 11) is 0. The Morgan fingerprint density at radius 1 is 1.23 bits per heavy atom. The molecule has 5 nitrogen and oxygen atoms in total. The summed E-state index contributed by atoms with van der Waals surface area (Å²) >= 11 is 0. The highest BCUT2D eigenvalue weighted by atomic mass is 16.5. The maximum absolute atomic E-state index is 13.3. The van der Waals surface area contributed by atoms with Crippen molar-refractivity contribution >= 4 is 23.0 Å². The zero-order chi connectivity index (χ0) is 15.2. The highest BCUT2D eigenvalue weighted by Gasteiger charge is 2.52. The Morgan fingerprint density at radius 2 is 2.05 bits per heavy atom. The standard InChI is InChI=1S/C17H17N3O2/c18-12-3-4-15-14(10-12)17(5-8-22-9-6-17)16(21)20(15)13-2-1-7-19-11-13/h1-4,7,10-11H,5-6,8-9,18H2. The Balaban J connectivity index is 1.91. The number of hydrogen-bond donors (Lipinski definition) is 1. The fourth-order valence-corrected chi connectivity index (χ4v) is 3.52. The van der Waals surface area contributed by atoms with Crippen molar-refractivity contribution in [3.63, 3.8) is 0 Å². The molecule has 2 aromatic rings. The number of anilines is 3. The van der Waals surface area contributed by atoms with Gasteiger partial charge in [0.15, 0.2) is 0 Å². The summed E-state index contributed by atoms with van der Waals surface area (Å²) in [5.41, 5.74) is 8.87. The van der Waals surface area contributed by atoms with E-state index in [0.29, 0.717) is 31.7 Å². The van der Waals surface area contributed by atoms with Crippen LogP contribution in [0.15, 0.2) is 42.7 Å². The molecule has 4 rings (SSSR count). The van der Waals surface area contributed by atoms with Crippen molar-refractivity contribution < 1.29 is 9.53 Å². The van der Waals surface area contributed by atoms with Crippen LogP contribution in [0.5, 0.6) is 0 Å². The molecule has 0 saturated carbocycles. The lowest BCUT2D eigenvalue weighted by molar-refractivity contribution is -0.125. The molecule has 1 amide bonds. The van der Waals surface area contributed by atoms with Crippen molar-refractivity contribution in [2.75, 3.05) is 23.8 Å². The third kappa shape index (κ3) is 1.75. The number of aromatic nitrogens is 1. The second-order valence-corrected chi connectivity index (χ2v) is 5.82. The molecule has 1 aromatic carbocycles. The monoisotopic (exact) mass is 295 g/mol. The summed E-state index contributed by atoms with van der Waals surface area (Å²) in [4.78, 5) is 19.2. The van der Waals surface area contributed by atoms with Crippen LogP contribution >= 0.6 is 0 Å². The number of ether oxygens (including phenoxy) is 1. The number of fused-ring (bicyclic) bond motifs is 2. The average molecular weight is 295 g/mol. The van der Waals surface area contributed by atoms with E-state index in [-0.39, 0.29) is 5.91 Å². The minimum Gasteiger partial charge on any atom is -0.399 e. The van der Waals surface area contributed by atoms with Crippen LogP contribution < -0.4 is 10.6 Å². The molecule has 1 fully saturated rings. The molecule has 22 heavy (non-hydrogen) atoms. The van der Waals surface area contributed by atoms with E-state index in [1.54, 1.807) is 17.3 Å². The number of nitrogen functional groups attached to an aromatic ring is 1. The molecule has 0 aliphatic carbocycles. The molecule has 3 heterocycles. The van der Waals surface area contributed by atoms with Gasteiger partial charge in [-0.25, -0.2) is 0 Å². The third-order valence-electron chi connectivity index (χ3n) is 4.64. The Morgan fingerprint density at radius 3 is 2.77 bits per heavy atom. The lowest BCUT2D eigenvalue weighted by Gasteiger charge is -2.32. The molecule has 1 spiro atoms. The molecule has 112 valence electrons. The number of nitrogens with two attached hydrogens (primary N) is 1. The van der Waals surface area contributed by atoms with Gasteiger partial charge in [-0.2, -0.15) is 0 Å². The fourth-order valence-electron chi connectivity index (χ4n) is 3.52. The molecule has 0 radical (unpaired) electrons. The summed E-state index contributed by atoms with van der Waals surface area (Å²) < 4.78 is 5.48. The fraction of sp³-hybridized carbons (Fsp3) is 0.294. The molecular weight excluding hydrogens is 278 g/mol. The van der Waals surface area contributed by atoms with E-state index < -0.39 is 5.41 Å². The van der Waals surface area contributed by atoms with Gasteiger partial charge in [-0.05, 0) is 48.7 Å². The Labute approximate surface area is 128 Å². The van der Waals surface area contributed by atoms with Crippen molar-refractivity contribution in [1.82, 2.24) is 4.98 Å². The van der Waals surface area contributed by atoms with E-state index in [2.05, 4.69) is 4.98 Å². The summed E-state index contributed by atoms with van der Waals surface area (Å²) in [6.45, 7) is 1.20. The lowest BCUT2D eigenvalue weighted by atomic mass is 9.75. The smallest absolute Gasteiger partial charge is 0.242 e. The van der Waals surface area contributed by atoms with E-state index >= 15 is 0 Å². The summed E-state index contributed by atoms with van der Waals surface area (Å²) in [5, 5.41) is 0. The van der Waals surface area contributed by atoms with Crippen molar-refractivity contribution in [2.45, 2.75) is 18.3 Å². The number of carbonyl (C=O) groups is 1. The van der Waals surface area contributed by atoms with Crippen LogP contribution in [0, 0.1) is 0 Å². The van der Waals surface area contributed by atoms with Crippen LogP contribution in [0.2, 0.25) is 0 Å². The largest absolute Gasteiger partial charge is 0.399 e. The molecular formula is C17H17N3O2. The van der Waals surface area contributed by atoms with E-state index in [0.717, 1.165) is 16.9 Å². The van der Waals surface area contributed by atoms with Gasteiger partial charge in [-0.15, -0.1) is 0 Å². The molecule has 1 saturated heterocycles. The maximum atomic E-state index is 13.3.